The summed E-state index contributed by atoms with van der Waals surface area (Å²) in [5.74, 6) is 0.243. The van der Waals surface area contributed by atoms with Gasteiger partial charge in [0.1, 0.15) is 0 Å². The van der Waals surface area contributed by atoms with E-state index in [1.165, 1.54) is 0 Å². The summed E-state index contributed by atoms with van der Waals surface area (Å²) in [6.07, 6.45) is 3.16. The Labute approximate surface area is 127 Å². The van der Waals surface area contributed by atoms with E-state index in [0.717, 1.165) is 31.4 Å². The lowest BCUT2D eigenvalue weighted by atomic mass is 9.88. The molecule has 3 heteroatoms. The fourth-order valence-corrected chi connectivity index (χ4v) is 3.43. The van der Waals surface area contributed by atoms with Gasteiger partial charge in [0, 0.05) is 23.2 Å². The number of hydrogen-bond acceptors (Lipinski definition) is 2. The number of hydrogen-bond donors (Lipinski definition) is 1. The topological polar surface area (TPSA) is 40.5 Å². The molecule has 0 aromatic heterocycles. The Bertz CT molecular complexity index is 497. The van der Waals surface area contributed by atoms with Gasteiger partial charge in [0.25, 0.3) is 5.91 Å². The Balaban J connectivity index is 0.000000774. The van der Waals surface area contributed by atoms with Crippen LogP contribution in [0.2, 0.25) is 0 Å². The fraction of sp³-hybridized carbons (Fsp3) is 0.500. The van der Waals surface area contributed by atoms with Crippen LogP contribution < -0.4 is 0 Å². The van der Waals surface area contributed by atoms with Crippen LogP contribution in [0.3, 0.4) is 0 Å². The maximum atomic E-state index is 12.6. The van der Waals surface area contributed by atoms with Crippen LogP contribution in [0, 0.1) is 5.92 Å². The van der Waals surface area contributed by atoms with Gasteiger partial charge in [-0.15, -0.1) is 0 Å². The minimum Gasteiger partial charge on any atom is -0.393 e. The molecule has 0 radical (unpaired) electrons. The molecule has 1 aliphatic carbocycles. The van der Waals surface area contributed by atoms with E-state index in [1.54, 1.807) is 0 Å². The summed E-state index contributed by atoms with van der Waals surface area (Å²) in [4.78, 5) is 14.5. The van der Waals surface area contributed by atoms with E-state index < -0.39 is 0 Å². The molecule has 0 bridgehead atoms. The quantitative estimate of drug-likeness (QED) is 0.857. The van der Waals surface area contributed by atoms with Crippen molar-refractivity contribution in [2.75, 3.05) is 0 Å². The van der Waals surface area contributed by atoms with E-state index in [0.29, 0.717) is 5.56 Å². The number of carbonyl (C=O) groups excluding carboxylic acids is 1. The monoisotopic (exact) mass is 287 g/mol. The number of benzene rings is 1. The number of fused-ring (bicyclic) bond motifs is 1. The summed E-state index contributed by atoms with van der Waals surface area (Å²) < 4.78 is 0. The minimum atomic E-state index is -0.260. The van der Waals surface area contributed by atoms with E-state index in [2.05, 4.69) is 6.58 Å². The van der Waals surface area contributed by atoms with Gasteiger partial charge in [-0.1, -0.05) is 38.6 Å². The third-order valence-corrected chi connectivity index (χ3v) is 4.42. The van der Waals surface area contributed by atoms with Gasteiger partial charge in [-0.05, 0) is 37.8 Å². The van der Waals surface area contributed by atoms with Crippen LogP contribution in [0.1, 0.15) is 49.9 Å². The molecule has 1 amide bonds. The highest BCUT2D eigenvalue weighted by atomic mass is 16.3. The van der Waals surface area contributed by atoms with E-state index in [-0.39, 0.29) is 24.0 Å². The maximum Gasteiger partial charge on any atom is 0.258 e. The molecule has 1 saturated heterocycles. The highest BCUT2D eigenvalue weighted by Gasteiger charge is 2.44. The van der Waals surface area contributed by atoms with Crippen molar-refractivity contribution in [3.05, 3.63) is 48.2 Å². The smallest absolute Gasteiger partial charge is 0.258 e. The summed E-state index contributed by atoms with van der Waals surface area (Å²) >= 11 is 0. The van der Waals surface area contributed by atoms with Gasteiger partial charge in [-0.25, -0.2) is 0 Å². The number of piperidine rings is 1. The lowest BCUT2D eigenvalue weighted by Crippen LogP contribution is -2.46. The van der Waals surface area contributed by atoms with E-state index in [4.69, 9.17) is 0 Å². The molecule has 1 aliphatic heterocycles. The number of carbonyl (C=O) groups is 1. The van der Waals surface area contributed by atoms with Crippen LogP contribution in [-0.4, -0.2) is 28.1 Å². The minimum absolute atomic E-state index is 0.0226. The first kappa shape index (κ1) is 15.8. The molecule has 3 unspecified atom stereocenters. The third-order valence-electron chi connectivity index (χ3n) is 4.42. The van der Waals surface area contributed by atoms with Crippen molar-refractivity contribution in [3.63, 3.8) is 0 Å². The molecule has 21 heavy (non-hydrogen) atoms. The predicted octanol–water partition coefficient (Wildman–Crippen LogP) is 3.60. The molecule has 1 N–H and O–H groups in total. The zero-order valence-corrected chi connectivity index (χ0v) is 13.0. The molecule has 0 spiro atoms. The SMILES string of the molecule is C=C1CCC2C(O)CCC2N1C(=O)c1ccccc1.CC. The van der Waals surface area contributed by atoms with Crippen molar-refractivity contribution in [1.82, 2.24) is 4.90 Å². The van der Waals surface area contributed by atoms with Gasteiger partial charge in [0.05, 0.1) is 6.10 Å². The zero-order chi connectivity index (χ0) is 15.4. The van der Waals surface area contributed by atoms with Crippen LogP contribution in [0.15, 0.2) is 42.6 Å². The highest BCUT2D eigenvalue weighted by Crippen LogP contribution is 2.41. The van der Waals surface area contributed by atoms with Crippen molar-refractivity contribution in [2.45, 2.75) is 51.7 Å². The Morgan fingerprint density at radius 2 is 1.86 bits per heavy atom. The summed E-state index contributed by atoms with van der Waals surface area (Å²) in [6.45, 7) is 8.05. The highest BCUT2D eigenvalue weighted by molar-refractivity contribution is 5.95. The first-order valence-corrected chi connectivity index (χ1v) is 7.93. The van der Waals surface area contributed by atoms with Crippen molar-refractivity contribution in [2.24, 2.45) is 5.92 Å². The van der Waals surface area contributed by atoms with Crippen LogP contribution in [0.5, 0.6) is 0 Å². The number of nitrogens with zero attached hydrogens (tertiary/aromatic N) is 1. The van der Waals surface area contributed by atoms with Crippen LogP contribution >= 0.6 is 0 Å². The third kappa shape index (κ3) is 3.03. The van der Waals surface area contributed by atoms with Crippen LogP contribution in [0.4, 0.5) is 0 Å². The Hall–Kier alpha value is -1.61. The van der Waals surface area contributed by atoms with Crippen LogP contribution in [-0.2, 0) is 0 Å². The predicted molar refractivity (Wildman–Crippen MR) is 84.9 cm³/mol. The van der Waals surface area contributed by atoms with Gasteiger partial charge in [0.15, 0.2) is 0 Å². The molecule has 3 nitrogen and oxygen atoms in total. The van der Waals surface area contributed by atoms with E-state index >= 15 is 0 Å². The van der Waals surface area contributed by atoms with Gasteiger partial charge >= 0.3 is 0 Å². The molecule has 3 atom stereocenters. The van der Waals surface area contributed by atoms with Crippen molar-refractivity contribution >= 4 is 5.91 Å². The normalized spacial score (nSPS) is 27.7. The molecular formula is C18H25NO2. The number of rotatable bonds is 1. The molecular weight excluding hydrogens is 262 g/mol. The maximum absolute atomic E-state index is 12.6. The summed E-state index contributed by atoms with van der Waals surface area (Å²) in [6, 6.07) is 9.46. The largest absolute Gasteiger partial charge is 0.393 e. The Morgan fingerprint density at radius 1 is 1.19 bits per heavy atom. The second-order valence-electron chi connectivity index (χ2n) is 5.52. The molecule has 114 valence electrons. The zero-order valence-electron chi connectivity index (χ0n) is 13.0. The number of amides is 1. The first-order valence-electron chi connectivity index (χ1n) is 7.93. The molecule has 1 heterocycles. The Morgan fingerprint density at radius 3 is 2.52 bits per heavy atom. The number of aliphatic hydroxyl groups is 1. The van der Waals surface area contributed by atoms with E-state index in [9.17, 15) is 9.90 Å². The van der Waals surface area contributed by atoms with E-state index in [1.807, 2.05) is 49.1 Å². The molecule has 3 rings (SSSR count). The Kier molecular flexibility index (Phi) is 5.18. The van der Waals surface area contributed by atoms with Gasteiger partial charge < -0.3 is 10.0 Å². The summed E-state index contributed by atoms with van der Waals surface area (Å²) in [5, 5.41) is 10.0. The molecule has 2 aliphatic rings. The number of likely N-dealkylation sites (tertiary alicyclic amines) is 1. The first-order chi connectivity index (χ1) is 10.2. The molecule has 1 aromatic rings. The van der Waals surface area contributed by atoms with Gasteiger partial charge in [-0.3, -0.25) is 4.79 Å². The van der Waals surface area contributed by atoms with Gasteiger partial charge in [0.2, 0.25) is 0 Å². The summed E-state index contributed by atoms with van der Waals surface area (Å²) in [7, 11) is 0. The lowest BCUT2D eigenvalue weighted by Gasteiger charge is -2.40. The number of allylic oxidation sites excluding steroid dienone is 1. The molecule has 2 fully saturated rings. The molecule has 1 aromatic carbocycles. The van der Waals surface area contributed by atoms with Crippen molar-refractivity contribution in [1.29, 1.82) is 0 Å². The van der Waals surface area contributed by atoms with Gasteiger partial charge in [-0.2, -0.15) is 0 Å². The van der Waals surface area contributed by atoms with Crippen molar-refractivity contribution in [3.8, 4) is 0 Å². The standard InChI is InChI=1S/C16H19NO2.C2H6/c1-11-7-8-13-14(9-10-15(13)18)17(11)16(19)12-5-3-2-4-6-12;1-2/h2-6,13-15,18H,1,7-10H2;1-2H3. The lowest BCUT2D eigenvalue weighted by molar-refractivity contribution is 0.0512. The van der Waals surface area contributed by atoms with Crippen molar-refractivity contribution < 1.29 is 9.90 Å². The molecule has 1 saturated carbocycles. The fourth-order valence-electron chi connectivity index (χ4n) is 3.43. The second-order valence-corrected chi connectivity index (χ2v) is 5.52. The average molecular weight is 287 g/mol. The summed E-state index contributed by atoms with van der Waals surface area (Å²) in [5.41, 5.74) is 1.59. The number of aliphatic hydroxyl groups excluding tert-OH is 1. The van der Waals surface area contributed by atoms with Crippen LogP contribution in [0.25, 0.3) is 0 Å². The second kappa shape index (κ2) is 6.90. The average Bonchev–Trinajstić information content (AvgIpc) is 2.91.